The topological polar surface area (TPSA) is 60.9 Å². The molecule has 0 saturated carbocycles. The van der Waals surface area contributed by atoms with Crippen LogP contribution in [0.3, 0.4) is 0 Å². The molecule has 0 radical (unpaired) electrons. The molecule has 1 N–H and O–H groups in total. The molecule has 6 heteroatoms. The van der Waals surface area contributed by atoms with Crippen LogP contribution in [0.4, 0.5) is 10.5 Å². The first-order chi connectivity index (χ1) is 9.56. The number of carbonyl (C=O) groups is 2. The van der Waals surface area contributed by atoms with Crippen molar-refractivity contribution in [2.75, 3.05) is 18.0 Å². The van der Waals surface area contributed by atoms with Crippen LogP contribution >= 0.6 is 11.6 Å². The number of benzene rings is 1. The molecule has 1 aromatic carbocycles. The summed E-state index contributed by atoms with van der Waals surface area (Å²) in [7, 11) is 0. The van der Waals surface area contributed by atoms with Gasteiger partial charge in [0.1, 0.15) is 5.54 Å². The van der Waals surface area contributed by atoms with Gasteiger partial charge in [-0.15, -0.1) is 0 Å². The first-order valence-corrected chi connectivity index (χ1v) is 7.01. The highest BCUT2D eigenvalue weighted by Gasteiger charge is 2.55. The van der Waals surface area contributed by atoms with E-state index in [1.165, 1.54) is 4.90 Å². The zero-order chi connectivity index (χ0) is 14.3. The van der Waals surface area contributed by atoms with Gasteiger partial charge in [0.15, 0.2) is 0 Å². The number of rotatable bonds is 1. The quantitative estimate of drug-likeness (QED) is 0.866. The van der Waals surface area contributed by atoms with E-state index in [1.807, 2.05) is 6.07 Å². The van der Waals surface area contributed by atoms with Crippen molar-refractivity contribution in [3.05, 3.63) is 29.3 Å². The zero-order valence-corrected chi connectivity index (χ0v) is 11.6. The highest BCUT2D eigenvalue weighted by molar-refractivity contribution is 6.34. The molecule has 1 aromatic rings. The highest BCUT2D eigenvalue weighted by atomic mass is 35.5. The summed E-state index contributed by atoms with van der Waals surface area (Å²) in [6.45, 7) is 0.934. The standard InChI is InChI=1S/C14H15ClN2O3/c15-10-4-1-2-5-11(10)16-9-7-14(12(16)18)6-3-8-17(14)13(19)20/h1-2,4-5H,3,6-9H2,(H,19,20). The summed E-state index contributed by atoms with van der Waals surface area (Å²) in [5.74, 6) is -0.148. The van der Waals surface area contributed by atoms with Crippen molar-refractivity contribution in [2.24, 2.45) is 0 Å². The summed E-state index contributed by atoms with van der Waals surface area (Å²) >= 11 is 6.14. The predicted octanol–water partition coefficient (Wildman–Crippen LogP) is 2.59. The molecule has 1 unspecified atom stereocenters. The van der Waals surface area contributed by atoms with Gasteiger partial charge in [0.25, 0.3) is 5.91 Å². The van der Waals surface area contributed by atoms with Crippen LogP contribution < -0.4 is 4.90 Å². The molecular weight excluding hydrogens is 280 g/mol. The number of nitrogens with zero attached hydrogens (tertiary/aromatic N) is 2. The molecule has 5 nitrogen and oxygen atoms in total. The molecule has 2 heterocycles. The fourth-order valence-corrected chi connectivity index (χ4v) is 3.53. The molecule has 1 atom stereocenters. The predicted molar refractivity (Wildman–Crippen MR) is 75.1 cm³/mol. The molecule has 2 saturated heterocycles. The molecule has 106 valence electrons. The monoisotopic (exact) mass is 294 g/mol. The lowest BCUT2D eigenvalue weighted by atomic mass is 9.94. The van der Waals surface area contributed by atoms with E-state index in [2.05, 4.69) is 0 Å². The maximum atomic E-state index is 12.8. The van der Waals surface area contributed by atoms with Gasteiger partial charge in [-0.05, 0) is 31.4 Å². The molecule has 2 amide bonds. The number of hydrogen-bond acceptors (Lipinski definition) is 2. The first-order valence-electron chi connectivity index (χ1n) is 6.63. The number of carboxylic acid groups (broad SMARTS) is 1. The van der Waals surface area contributed by atoms with Gasteiger partial charge in [-0.2, -0.15) is 0 Å². The second-order valence-electron chi connectivity index (χ2n) is 5.23. The number of carbonyl (C=O) groups excluding carboxylic acids is 1. The normalized spacial score (nSPS) is 25.8. The number of para-hydroxylation sites is 1. The van der Waals surface area contributed by atoms with E-state index in [-0.39, 0.29) is 5.91 Å². The molecule has 0 aromatic heterocycles. The number of hydrogen-bond donors (Lipinski definition) is 1. The Morgan fingerprint density at radius 2 is 2.00 bits per heavy atom. The van der Waals surface area contributed by atoms with Crippen LogP contribution in [-0.4, -0.2) is 40.6 Å². The summed E-state index contributed by atoms with van der Waals surface area (Å²) in [5, 5.41) is 9.81. The average Bonchev–Trinajstić information content (AvgIpc) is 2.98. The molecule has 2 aliphatic heterocycles. The molecule has 0 aliphatic carbocycles. The Morgan fingerprint density at radius 3 is 2.70 bits per heavy atom. The SMILES string of the molecule is O=C(O)N1CCCC12CCN(c1ccccc1Cl)C2=O. The van der Waals surface area contributed by atoms with Crippen molar-refractivity contribution in [3.8, 4) is 0 Å². The zero-order valence-electron chi connectivity index (χ0n) is 10.9. The Hall–Kier alpha value is -1.75. The highest BCUT2D eigenvalue weighted by Crippen LogP contribution is 2.41. The van der Waals surface area contributed by atoms with E-state index in [4.69, 9.17) is 11.6 Å². The summed E-state index contributed by atoms with van der Waals surface area (Å²) in [6.07, 6.45) is 0.841. The van der Waals surface area contributed by atoms with Crippen LogP contribution in [0.5, 0.6) is 0 Å². The summed E-state index contributed by atoms with van der Waals surface area (Å²) in [4.78, 5) is 27.0. The van der Waals surface area contributed by atoms with Crippen molar-refractivity contribution in [1.29, 1.82) is 0 Å². The van der Waals surface area contributed by atoms with E-state index in [0.717, 1.165) is 6.42 Å². The summed E-state index contributed by atoms with van der Waals surface area (Å²) in [6, 6.07) is 7.16. The maximum absolute atomic E-state index is 12.8. The summed E-state index contributed by atoms with van der Waals surface area (Å²) in [5.41, 5.74) is -0.223. The third-order valence-electron chi connectivity index (χ3n) is 4.26. The van der Waals surface area contributed by atoms with Crippen molar-refractivity contribution >= 4 is 29.3 Å². The Balaban J connectivity index is 1.95. The first kappa shape index (κ1) is 13.2. The van der Waals surface area contributed by atoms with Crippen LogP contribution in [0.1, 0.15) is 19.3 Å². The lowest BCUT2D eigenvalue weighted by Gasteiger charge is -2.31. The van der Waals surface area contributed by atoms with Gasteiger partial charge >= 0.3 is 6.09 Å². The smallest absolute Gasteiger partial charge is 0.408 e. The number of halogens is 1. The number of likely N-dealkylation sites (tertiary alicyclic amines) is 1. The largest absolute Gasteiger partial charge is 0.465 e. The number of amides is 2. The van der Waals surface area contributed by atoms with Gasteiger partial charge in [0, 0.05) is 13.1 Å². The average molecular weight is 295 g/mol. The summed E-state index contributed by atoms with van der Waals surface area (Å²) < 4.78 is 0. The minimum absolute atomic E-state index is 0.148. The molecule has 20 heavy (non-hydrogen) atoms. The third-order valence-corrected chi connectivity index (χ3v) is 4.57. The van der Waals surface area contributed by atoms with E-state index in [9.17, 15) is 14.7 Å². The minimum Gasteiger partial charge on any atom is -0.465 e. The van der Waals surface area contributed by atoms with E-state index < -0.39 is 11.6 Å². The molecule has 2 fully saturated rings. The third kappa shape index (κ3) is 1.77. The molecule has 0 bridgehead atoms. The molecular formula is C14H15ClN2O3. The van der Waals surface area contributed by atoms with Gasteiger partial charge in [0.05, 0.1) is 10.7 Å². The fraction of sp³-hybridized carbons (Fsp3) is 0.429. The minimum atomic E-state index is -1.02. The van der Waals surface area contributed by atoms with E-state index >= 15 is 0 Å². The number of anilines is 1. The van der Waals surface area contributed by atoms with Gasteiger partial charge in [0.2, 0.25) is 0 Å². The van der Waals surface area contributed by atoms with Crippen LogP contribution in [0.2, 0.25) is 5.02 Å². The van der Waals surface area contributed by atoms with Crippen LogP contribution in [0.15, 0.2) is 24.3 Å². The Labute approximate surface area is 121 Å². The van der Waals surface area contributed by atoms with Crippen LogP contribution in [0.25, 0.3) is 0 Å². The van der Waals surface area contributed by atoms with Gasteiger partial charge < -0.3 is 10.0 Å². The Kier molecular flexibility index (Phi) is 3.09. The lowest BCUT2D eigenvalue weighted by molar-refractivity contribution is -0.125. The van der Waals surface area contributed by atoms with Crippen LogP contribution in [0, 0.1) is 0 Å². The Bertz CT molecular complexity index is 577. The van der Waals surface area contributed by atoms with Gasteiger partial charge in [-0.3, -0.25) is 9.69 Å². The Morgan fingerprint density at radius 1 is 1.25 bits per heavy atom. The maximum Gasteiger partial charge on any atom is 0.408 e. The van der Waals surface area contributed by atoms with Gasteiger partial charge in [-0.1, -0.05) is 23.7 Å². The molecule has 1 spiro atoms. The second-order valence-corrected chi connectivity index (χ2v) is 5.63. The molecule has 3 rings (SSSR count). The van der Waals surface area contributed by atoms with Crippen molar-refractivity contribution in [2.45, 2.75) is 24.8 Å². The fourth-order valence-electron chi connectivity index (χ4n) is 3.30. The van der Waals surface area contributed by atoms with Crippen molar-refractivity contribution in [1.82, 2.24) is 4.90 Å². The van der Waals surface area contributed by atoms with E-state index in [0.29, 0.717) is 36.6 Å². The van der Waals surface area contributed by atoms with E-state index in [1.54, 1.807) is 23.1 Å². The van der Waals surface area contributed by atoms with Crippen LogP contribution in [-0.2, 0) is 4.79 Å². The molecule has 2 aliphatic rings. The van der Waals surface area contributed by atoms with Gasteiger partial charge in [-0.25, -0.2) is 4.79 Å². The lowest BCUT2D eigenvalue weighted by Crippen LogP contribution is -2.52. The second kappa shape index (κ2) is 4.66. The van der Waals surface area contributed by atoms with Crippen molar-refractivity contribution < 1.29 is 14.7 Å². The van der Waals surface area contributed by atoms with Crippen molar-refractivity contribution in [3.63, 3.8) is 0 Å².